The molecule has 0 spiro atoms. The Labute approximate surface area is 195 Å². The maximum absolute atomic E-state index is 12.6. The summed E-state index contributed by atoms with van der Waals surface area (Å²) in [5.74, 6) is 0.501. The van der Waals surface area contributed by atoms with E-state index < -0.39 is 0 Å². The number of aromatic nitrogens is 3. The Bertz CT molecular complexity index is 1270. The molecule has 0 unspecified atom stereocenters. The Morgan fingerprint density at radius 2 is 1.76 bits per heavy atom. The molecule has 168 valence electrons. The molecule has 0 radical (unpaired) electrons. The average molecular weight is 462 g/mol. The number of methoxy groups -OCH3 is 1. The number of rotatable bonds is 8. The van der Waals surface area contributed by atoms with Crippen LogP contribution in [0.5, 0.6) is 5.75 Å². The van der Waals surface area contributed by atoms with E-state index in [9.17, 15) is 9.59 Å². The normalized spacial score (nSPS) is 10.7. The van der Waals surface area contributed by atoms with Gasteiger partial charge in [-0.25, -0.2) is 0 Å². The Kier molecular flexibility index (Phi) is 6.89. The highest BCUT2D eigenvalue weighted by molar-refractivity contribution is 7.99. The zero-order valence-electron chi connectivity index (χ0n) is 18.2. The van der Waals surface area contributed by atoms with Gasteiger partial charge in [0, 0.05) is 18.4 Å². The van der Waals surface area contributed by atoms with E-state index in [1.54, 1.807) is 54.1 Å². The van der Waals surface area contributed by atoms with Crippen LogP contribution in [0, 0.1) is 6.92 Å². The number of ether oxygens (including phenoxy) is 1. The molecule has 2 N–H and O–H groups in total. The summed E-state index contributed by atoms with van der Waals surface area (Å²) in [5, 5.41) is 14.6. The highest BCUT2D eigenvalue weighted by Crippen LogP contribution is 2.19. The molecule has 2 aromatic carbocycles. The standard InChI is InChI=1S/C24H23N5O3S/c1-16-3-5-17(6-4-16)13-25-23(31)18-7-12-21-27-28-24(29(21)14-18)33-15-22(30)26-19-8-10-20(32-2)11-9-19/h3-12,14H,13,15H2,1-2H3,(H,25,31)(H,26,30). The molecule has 0 saturated carbocycles. The zero-order valence-corrected chi connectivity index (χ0v) is 19.1. The van der Waals surface area contributed by atoms with Crippen molar-refractivity contribution in [1.82, 2.24) is 19.9 Å². The maximum atomic E-state index is 12.6. The molecule has 2 amide bonds. The van der Waals surface area contributed by atoms with Crippen molar-refractivity contribution < 1.29 is 14.3 Å². The number of anilines is 1. The molecule has 4 aromatic rings. The van der Waals surface area contributed by atoms with Gasteiger partial charge in [0.1, 0.15) is 5.75 Å². The largest absolute Gasteiger partial charge is 0.497 e. The van der Waals surface area contributed by atoms with Gasteiger partial charge in [-0.05, 0) is 48.9 Å². The Balaban J connectivity index is 1.38. The monoisotopic (exact) mass is 461 g/mol. The van der Waals surface area contributed by atoms with Gasteiger partial charge < -0.3 is 15.4 Å². The highest BCUT2D eigenvalue weighted by Gasteiger charge is 2.13. The van der Waals surface area contributed by atoms with E-state index in [2.05, 4.69) is 20.8 Å². The Hall–Kier alpha value is -3.85. The summed E-state index contributed by atoms with van der Waals surface area (Å²) in [5.41, 5.74) is 3.96. The molecule has 0 atom stereocenters. The van der Waals surface area contributed by atoms with E-state index in [0.29, 0.717) is 28.6 Å². The van der Waals surface area contributed by atoms with Crippen molar-refractivity contribution >= 4 is 34.9 Å². The van der Waals surface area contributed by atoms with E-state index in [0.717, 1.165) is 11.3 Å². The fourth-order valence-corrected chi connectivity index (χ4v) is 3.81. The second kappa shape index (κ2) is 10.2. The van der Waals surface area contributed by atoms with Crippen LogP contribution in [-0.4, -0.2) is 39.3 Å². The van der Waals surface area contributed by atoms with Crippen LogP contribution in [0.3, 0.4) is 0 Å². The van der Waals surface area contributed by atoms with Gasteiger partial charge in [-0.1, -0.05) is 41.6 Å². The number of benzene rings is 2. The number of amides is 2. The number of hydrogen-bond acceptors (Lipinski definition) is 6. The lowest BCUT2D eigenvalue weighted by molar-refractivity contribution is -0.113. The van der Waals surface area contributed by atoms with E-state index >= 15 is 0 Å². The lowest BCUT2D eigenvalue weighted by atomic mass is 10.1. The quantitative estimate of drug-likeness (QED) is 0.388. The lowest BCUT2D eigenvalue weighted by Gasteiger charge is -2.07. The van der Waals surface area contributed by atoms with Crippen LogP contribution in [-0.2, 0) is 11.3 Å². The fraction of sp³-hybridized carbons (Fsp3) is 0.167. The first-order valence-corrected chi connectivity index (χ1v) is 11.3. The van der Waals surface area contributed by atoms with Gasteiger partial charge in [0.05, 0.1) is 18.4 Å². The number of carbonyl (C=O) groups excluding carboxylic acids is 2. The fourth-order valence-electron chi connectivity index (χ4n) is 3.09. The SMILES string of the molecule is COc1ccc(NC(=O)CSc2nnc3ccc(C(=O)NCc4ccc(C)cc4)cn23)cc1. The molecule has 2 aromatic heterocycles. The van der Waals surface area contributed by atoms with Crippen molar-refractivity contribution in [3.8, 4) is 5.75 Å². The van der Waals surface area contributed by atoms with Crippen molar-refractivity contribution in [3.63, 3.8) is 0 Å². The summed E-state index contributed by atoms with van der Waals surface area (Å²) in [6, 6.07) is 18.5. The third-order valence-corrected chi connectivity index (χ3v) is 5.86. The van der Waals surface area contributed by atoms with Crippen molar-refractivity contribution in [2.75, 3.05) is 18.2 Å². The summed E-state index contributed by atoms with van der Waals surface area (Å²) in [6.45, 7) is 2.46. The summed E-state index contributed by atoms with van der Waals surface area (Å²) in [4.78, 5) is 25.0. The lowest BCUT2D eigenvalue weighted by Crippen LogP contribution is -2.23. The van der Waals surface area contributed by atoms with Gasteiger partial charge in [-0.2, -0.15) is 0 Å². The van der Waals surface area contributed by atoms with E-state index in [4.69, 9.17) is 4.74 Å². The summed E-state index contributed by atoms with van der Waals surface area (Å²) in [6.07, 6.45) is 1.68. The summed E-state index contributed by atoms with van der Waals surface area (Å²) < 4.78 is 6.83. The number of nitrogens with zero attached hydrogens (tertiary/aromatic N) is 3. The number of carbonyl (C=O) groups is 2. The Morgan fingerprint density at radius 1 is 1.00 bits per heavy atom. The van der Waals surface area contributed by atoms with Crippen LogP contribution in [0.2, 0.25) is 0 Å². The van der Waals surface area contributed by atoms with Gasteiger partial charge in [0.15, 0.2) is 10.8 Å². The number of pyridine rings is 1. The molecule has 0 aliphatic rings. The van der Waals surface area contributed by atoms with E-state index in [1.165, 1.54) is 17.3 Å². The number of thioether (sulfide) groups is 1. The van der Waals surface area contributed by atoms with E-state index in [-0.39, 0.29) is 17.6 Å². The van der Waals surface area contributed by atoms with Crippen LogP contribution in [0.15, 0.2) is 72.0 Å². The predicted molar refractivity (Wildman–Crippen MR) is 128 cm³/mol. The van der Waals surface area contributed by atoms with Crippen LogP contribution < -0.4 is 15.4 Å². The third-order valence-electron chi connectivity index (χ3n) is 4.91. The first kappa shape index (κ1) is 22.3. The molecule has 0 aliphatic heterocycles. The second-order valence-corrected chi connectivity index (χ2v) is 8.30. The van der Waals surface area contributed by atoms with Crippen LogP contribution >= 0.6 is 11.8 Å². The smallest absolute Gasteiger partial charge is 0.253 e. The van der Waals surface area contributed by atoms with Crippen LogP contribution in [0.25, 0.3) is 5.65 Å². The minimum Gasteiger partial charge on any atom is -0.497 e. The average Bonchev–Trinajstić information content (AvgIpc) is 3.25. The van der Waals surface area contributed by atoms with Crippen LogP contribution in [0.4, 0.5) is 5.69 Å². The topological polar surface area (TPSA) is 97.6 Å². The first-order valence-electron chi connectivity index (χ1n) is 10.3. The first-order chi connectivity index (χ1) is 16.0. The van der Waals surface area contributed by atoms with Crippen molar-refractivity contribution in [3.05, 3.63) is 83.6 Å². The number of fused-ring (bicyclic) bond motifs is 1. The minimum absolute atomic E-state index is 0.149. The molecule has 0 fully saturated rings. The Morgan fingerprint density at radius 3 is 2.48 bits per heavy atom. The second-order valence-electron chi connectivity index (χ2n) is 7.36. The molecule has 2 heterocycles. The van der Waals surface area contributed by atoms with E-state index in [1.807, 2.05) is 31.2 Å². The molecule has 0 saturated heterocycles. The third kappa shape index (κ3) is 5.69. The van der Waals surface area contributed by atoms with Gasteiger partial charge in [0.2, 0.25) is 5.91 Å². The van der Waals surface area contributed by atoms with Crippen LogP contribution in [0.1, 0.15) is 21.5 Å². The minimum atomic E-state index is -0.195. The van der Waals surface area contributed by atoms with Gasteiger partial charge in [-0.3, -0.25) is 14.0 Å². The van der Waals surface area contributed by atoms with Gasteiger partial charge in [0.25, 0.3) is 5.91 Å². The molecular formula is C24H23N5O3S. The number of nitrogens with one attached hydrogen (secondary N) is 2. The predicted octanol–water partition coefficient (Wildman–Crippen LogP) is 3.71. The molecular weight excluding hydrogens is 438 g/mol. The maximum Gasteiger partial charge on any atom is 0.253 e. The van der Waals surface area contributed by atoms with Gasteiger partial charge in [-0.15, -0.1) is 10.2 Å². The van der Waals surface area contributed by atoms with Crippen molar-refractivity contribution in [1.29, 1.82) is 0 Å². The molecule has 4 rings (SSSR count). The van der Waals surface area contributed by atoms with Gasteiger partial charge >= 0.3 is 0 Å². The molecule has 0 aliphatic carbocycles. The molecule has 8 nitrogen and oxygen atoms in total. The zero-order chi connectivity index (χ0) is 23.2. The molecule has 9 heteroatoms. The van der Waals surface area contributed by atoms with Crippen molar-refractivity contribution in [2.24, 2.45) is 0 Å². The number of aryl methyl sites for hydroxylation is 1. The summed E-state index contributed by atoms with van der Waals surface area (Å²) in [7, 11) is 1.59. The number of hydrogen-bond donors (Lipinski definition) is 2. The molecule has 0 bridgehead atoms. The molecule has 33 heavy (non-hydrogen) atoms. The summed E-state index contributed by atoms with van der Waals surface area (Å²) >= 11 is 1.24. The highest BCUT2D eigenvalue weighted by atomic mass is 32.2. The van der Waals surface area contributed by atoms with Crippen molar-refractivity contribution in [2.45, 2.75) is 18.6 Å².